The van der Waals surface area contributed by atoms with Crippen LogP contribution in [-0.4, -0.2) is 0 Å². The molecule has 0 aromatic heterocycles. The summed E-state index contributed by atoms with van der Waals surface area (Å²) in [5.41, 5.74) is 6.67. The predicted octanol–water partition coefficient (Wildman–Crippen LogP) is 15.5. The highest BCUT2D eigenvalue weighted by atomic mass is 15.2. The van der Waals surface area contributed by atoms with Gasteiger partial charge in [0.25, 0.3) is 0 Å². The van der Waals surface area contributed by atoms with E-state index in [1.165, 1.54) is 64.6 Å². The van der Waals surface area contributed by atoms with Crippen molar-refractivity contribution in [3.8, 4) is 0 Å². The van der Waals surface area contributed by atoms with E-state index < -0.39 is 0 Å². The smallest absolute Gasteiger partial charge is 0.0567 e. The summed E-state index contributed by atoms with van der Waals surface area (Å²) < 4.78 is 0. The Morgan fingerprint density at radius 1 is 0.214 bits per heavy atom. The van der Waals surface area contributed by atoms with E-state index in [4.69, 9.17) is 0 Å². The van der Waals surface area contributed by atoms with E-state index in [1.54, 1.807) is 0 Å². The van der Waals surface area contributed by atoms with Crippen LogP contribution in [0.3, 0.4) is 0 Å². The van der Waals surface area contributed by atoms with Crippen LogP contribution in [-0.2, 0) is 0 Å². The third-order valence-corrected chi connectivity index (χ3v) is 11.3. The first-order valence-electron chi connectivity index (χ1n) is 19.3. The number of rotatable bonds is 6. The molecule has 2 nitrogen and oxygen atoms in total. The summed E-state index contributed by atoms with van der Waals surface area (Å²) in [6.45, 7) is 0. The lowest BCUT2D eigenvalue weighted by Crippen LogP contribution is -2.14. The number of hydrogen-bond acceptors (Lipinski definition) is 2. The van der Waals surface area contributed by atoms with Gasteiger partial charge in [0.1, 0.15) is 0 Å². The lowest BCUT2D eigenvalue weighted by molar-refractivity contribution is 1.28. The van der Waals surface area contributed by atoms with Crippen molar-refractivity contribution in [2.75, 3.05) is 9.80 Å². The average molecular weight is 713 g/mol. The molecule has 0 aliphatic rings. The molecule has 0 saturated carbocycles. The highest BCUT2D eigenvalue weighted by Crippen LogP contribution is 2.50. The van der Waals surface area contributed by atoms with E-state index in [0.717, 1.165) is 34.1 Å². The highest BCUT2D eigenvalue weighted by Gasteiger charge is 2.24. The Morgan fingerprint density at radius 3 is 1.20 bits per heavy atom. The van der Waals surface area contributed by atoms with Gasteiger partial charge in [-0.2, -0.15) is 0 Å². The number of para-hydroxylation sites is 2. The zero-order valence-corrected chi connectivity index (χ0v) is 30.7. The van der Waals surface area contributed by atoms with Crippen molar-refractivity contribution >= 4 is 98.8 Å². The number of fused-ring (bicyclic) bond motifs is 9. The SMILES string of the molecule is c1ccc(N(c2cc(N(c3ccccc3)c3cc4ccccc4c4ccccc34)c3c(ccc4ccccc43)c2)c2cc3ccccc3c3ccccc23)cc1. The Labute approximate surface area is 325 Å². The van der Waals surface area contributed by atoms with Crippen LogP contribution in [0.2, 0.25) is 0 Å². The standard InChI is InChI=1S/C54H36N2/c1-3-20-41(21-4-1)55(51-34-38-18-8-10-24-44(38)47-27-13-15-29-49(47)51)43-33-40-32-31-37-17-7-12-26-46(37)54(40)53(36-43)56(42-22-5-2-6-23-42)52-35-39-19-9-11-25-45(39)48-28-14-16-30-50(48)52/h1-36H. The van der Waals surface area contributed by atoms with Gasteiger partial charge in [-0.25, -0.2) is 0 Å². The minimum Gasteiger partial charge on any atom is -0.310 e. The van der Waals surface area contributed by atoms with Crippen LogP contribution >= 0.6 is 0 Å². The zero-order chi connectivity index (χ0) is 37.0. The van der Waals surface area contributed by atoms with E-state index in [1.807, 2.05) is 0 Å². The fraction of sp³-hybridized carbons (Fsp3) is 0. The van der Waals surface area contributed by atoms with Crippen LogP contribution in [0, 0.1) is 0 Å². The molecular weight excluding hydrogens is 677 g/mol. The van der Waals surface area contributed by atoms with Crippen LogP contribution in [0.15, 0.2) is 218 Å². The molecule has 0 amide bonds. The summed E-state index contributed by atoms with van der Waals surface area (Å²) in [5.74, 6) is 0. The van der Waals surface area contributed by atoms with Gasteiger partial charge in [0.05, 0.1) is 17.1 Å². The van der Waals surface area contributed by atoms with Gasteiger partial charge in [-0.1, -0.05) is 170 Å². The second-order valence-electron chi connectivity index (χ2n) is 14.5. The molecule has 0 bridgehead atoms. The van der Waals surface area contributed by atoms with Gasteiger partial charge in [0, 0.05) is 33.2 Å². The fourth-order valence-electron chi connectivity index (χ4n) is 8.84. The zero-order valence-electron chi connectivity index (χ0n) is 30.7. The largest absolute Gasteiger partial charge is 0.310 e. The van der Waals surface area contributed by atoms with E-state index in [-0.39, 0.29) is 0 Å². The monoisotopic (exact) mass is 712 g/mol. The third kappa shape index (κ3) is 5.19. The van der Waals surface area contributed by atoms with Gasteiger partial charge < -0.3 is 9.80 Å². The number of nitrogens with zero attached hydrogens (tertiary/aromatic N) is 2. The first kappa shape index (κ1) is 32.0. The molecular formula is C54H36N2. The molecule has 0 radical (unpaired) electrons. The maximum Gasteiger partial charge on any atom is 0.0567 e. The van der Waals surface area contributed by atoms with Crippen molar-refractivity contribution in [1.82, 2.24) is 0 Å². The lowest BCUT2D eigenvalue weighted by Gasteiger charge is -2.32. The molecule has 0 saturated heterocycles. The summed E-state index contributed by atoms with van der Waals surface area (Å²) in [4.78, 5) is 4.95. The number of anilines is 6. The van der Waals surface area contributed by atoms with E-state index >= 15 is 0 Å². The Morgan fingerprint density at radius 2 is 0.625 bits per heavy atom. The second kappa shape index (κ2) is 13.2. The van der Waals surface area contributed by atoms with Crippen molar-refractivity contribution in [3.63, 3.8) is 0 Å². The van der Waals surface area contributed by atoms with Gasteiger partial charge in [-0.05, 0) is 97.0 Å². The van der Waals surface area contributed by atoms with Gasteiger partial charge >= 0.3 is 0 Å². The van der Waals surface area contributed by atoms with Gasteiger partial charge in [-0.3, -0.25) is 0 Å². The van der Waals surface area contributed by atoms with Crippen molar-refractivity contribution in [2.45, 2.75) is 0 Å². The molecule has 11 aromatic carbocycles. The Kier molecular flexibility index (Phi) is 7.53. The molecule has 11 rings (SSSR count). The first-order valence-corrected chi connectivity index (χ1v) is 19.3. The van der Waals surface area contributed by atoms with Gasteiger partial charge in [-0.15, -0.1) is 0 Å². The van der Waals surface area contributed by atoms with Crippen LogP contribution in [0.1, 0.15) is 0 Å². The number of hydrogen-bond donors (Lipinski definition) is 0. The van der Waals surface area contributed by atoms with Crippen molar-refractivity contribution in [3.05, 3.63) is 218 Å². The molecule has 0 aliphatic carbocycles. The first-order chi connectivity index (χ1) is 27.8. The molecule has 0 unspecified atom stereocenters. The Balaban J connectivity index is 1.29. The van der Waals surface area contributed by atoms with Gasteiger partial charge in [0.15, 0.2) is 0 Å². The van der Waals surface area contributed by atoms with E-state index in [2.05, 4.69) is 228 Å². The van der Waals surface area contributed by atoms with Crippen molar-refractivity contribution < 1.29 is 0 Å². The highest BCUT2D eigenvalue weighted by molar-refractivity contribution is 6.21. The maximum absolute atomic E-state index is 2.49. The number of benzene rings is 11. The van der Waals surface area contributed by atoms with E-state index in [0.29, 0.717) is 0 Å². The van der Waals surface area contributed by atoms with Crippen LogP contribution < -0.4 is 9.80 Å². The predicted molar refractivity (Wildman–Crippen MR) is 241 cm³/mol. The fourth-order valence-corrected chi connectivity index (χ4v) is 8.84. The minimum atomic E-state index is 1.08. The molecule has 0 spiro atoms. The summed E-state index contributed by atoms with van der Waals surface area (Å²) in [5, 5.41) is 14.6. The minimum absolute atomic E-state index is 1.08. The van der Waals surface area contributed by atoms with Crippen molar-refractivity contribution in [1.29, 1.82) is 0 Å². The molecule has 11 aromatic rings. The molecule has 2 heteroatoms. The summed E-state index contributed by atoms with van der Waals surface area (Å²) in [6, 6.07) is 79.7. The quantitative estimate of drug-likeness (QED) is 0.158. The molecule has 0 N–H and O–H groups in total. The third-order valence-electron chi connectivity index (χ3n) is 11.3. The average Bonchev–Trinajstić information content (AvgIpc) is 3.27. The molecule has 0 fully saturated rings. The van der Waals surface area contributed by atoms with Crippen LogP contribution in [0.25, 0.3) is 64.6 Å². The molecule has 0 heterocycles. The molecule has 262 valence electrons. The molecule has 0 atom stereocenters. The molecule has 0 aliphatic heterocycles. The van der Waals surface area contributed by atoms with Gasteiger partial charge in [0.2, 0.25) is 0 Å². The topological polar surface area (TPSA) is 6.48 Å². The second-order valence-corrected chi connectivity index (χ2v) is 14.5. The summed E-state index contributed by atoms with van der Waals surface area (Å²) >= 11 is 0. The van der Waals surface area contributed by atoms with Crippen LogP contribution in [0.4, 0.5) is 34.1 Å². The summed E-state index contributed by atoms with van der Waals surface area (Å²) in [6.07, 6.45) is 0. The molecule has 56 heavy (non-hydrogen) atoms. The van der Waals surface area contributed by atoms with Crippen molar-refractivity contribution in [2.24, 2.45) is 0 Å². The summed E-state index contributed by atoms with van der Waals surface area (Å²) in [7, 11) is 0. The van der Waals surface area contributed by atoms with E-state index in [9.17, 15) is 0 Å². The lowest BCUT2D eigenvalue weighted by atomic mass is 9.95. The Hall–Kier alpha value is -7.42. The normalized spacial score (nSPS) is 11.6. The van der Waals surface area contributed by atoms with Crippen LogP contribution in [0.5, 0.6) is 0 Å². The maximum atomic E-state index is 2.49. The Bertz CT molecular complexity index is 3260.